The SMILES string of the molecule is COc1ccc(Cn2c(C)c(C(C)=O)c(C(C)=O)c2C)cc1. The molecule has 0 aliphatic carbocycles. The van der Waals surface area contributed by atoms with Crippen LogP contribution in [0.4, 0.5) is 0 Å². The van der Waals surface area contributed by atoms with Crippen LogP contribution in [0.3, 0.4) is 0 Å². The number of hydrogen-bond donors (Lipinski definition) is 0. The Morgan fingerprint density at radius 1 is 0.955 bits per heavy atom. The molecule has 1 aromatic heterocycles. The Bertz CT molecular complexity index is 686. The number of hydrogen-bond acceptors (Lipinski definition) is 3. The molecule has 116 valence electrons. The van der Waals surface area contributed by atoms with E-state index in [1.165, 1.54) is 13.8 Å². The Hall–Kier alpha value is -2.36. The summed E-state index contributed by atoms with van der Waals surface area (Å²) in [7, 11) is 1.63. The van der Waals surface area contributed by atoms with Gasteiger partial charge in [0, 0.05) is 29.1 Å². The van der Waals surface area contributed by atoms with E-state index in [2.05, 4.69) is 0 Å². The zero-order valence-corrected chi connectivity index (χ0v) is 13.7. The van der Waals surface area contributed by atoms with E-state index in [1.54, 1.807) is 7.11 Å². The fourth-order valence-corrected chi connectivity index (χ4v) is 2.90. The lowest BCUT2D eigenvalue weighted by Gasteiger charge is -2.10. The van der Waals surface area contributed by atoms with Crippen LogP contribution in [0.15, 0.2) is 24.3 Å². The highest BCUT2D eigenvalue weighted by Gasteiger charge is 2.23. The van der Waals surface area contributed by atoms with Crippen molar-refractivity contribution in [1.82, 2.24) is 4.57 Å². The van der Waals surface area contributed by atoms with Crippen LogP contribution in [0.2, 0.25) is 0 Å². The number of benzene rings is 1. The van der Waals surface area contributed by atoms with Gasteiger partial charge in [0.2, 0.25) is 0 Å². The fraction of sp³-hybridized carbons (Fsp3) is 0.333. The number of nitrogens with zero attached hydrogens (tertiary/aromatic N) is 1. The molecule has 0 fully saturated rings. The lowest BCUT2D eigenvalue weighted by Crippen LogP contribution is -2.05. The van der Waals surface area contributed by atoms with Crippen molar-refractivity contribution in [3.05, 3.63) is 52.3 Å². The summed E-state index contributed by atoms with van der Waals surface area (Å²) >= 11 is 0. The Balaban J connectivity index is 2.48. The molecule has 1 heterocycles. The third-order valence-electron chi connectivity index (χ3n) is 3.99. The first-order chi connectivity index (χ1) is 10.4. The molecule has 0 bridgehead atoms. The molecule has 22 heavy (non-hydrogen) atoms. The summed E-state index contributed by atoms with van der Waals surface area (Å²) in [6.07, 6.45) is 0. The highest BCUT2D eigenvalue weighted by molar-refractivity contribution is 6.09. The lowest BCUT2D eigenvalue weighted by molar-refractivity contribution is 0.0981. The summed E-state index contributed by atoms with van der Waals surface area (Å²) in [4.78, 5) is 23.8. The smallest absolute Gasteiger partial charge is 0.162 e. The van der Waals surface area contributed by atoms with Crippen LogP contribution < -0.4 is 4.74 Å². The maximum atomic E-state index is 11.9. The van der Waals surface area contributed by atoms with Gasteiger partial charge >= 0.3 is 0 Å². The van der Waals surface area contributed by atoms with Gasteiger partial charge in [-0.05, 0) is 45.4 Å². The Labute approximate surface area is 130 Å². The van der Waals surface area contributed by atoms with E-state index in [-0.39, 0.29) is 11.6 Å². The summed E-state index contributed by atoms with van der Waals surface area (Å²) in [6.45, 7) is 7.41. The second kappa shape index (κ2) is 6.18. The largest absolute Gasteiger partial charge is 0.497 e. The second-order valence-corrected chi connectivity index (χ2v) is 5.47. The number of ether oxygens (including phenoxy) is 1. The molecule has 0 spiro atoms. The summed E-state index contributed by atoms with van der Waals surface area (Å²) in [5.74, 6) is 0.664. The Morgan fingerprint density at radius 3 is 1.77 bits per heavy atom. The number of carbonyl (C=O) groups excluding carboxylic acids is 2. The molecule has 1 aromatic carbocycles. The highest BCUT2D eigenvalue weighted by Crippen LogP contribution is 2.25. The van der Waals surface area contributed by atoms with Gasteiger partial charge in [-0.2, -0.15) is 0 Å². The number of methoxy groups -OCH3 is 1. The van der Waals surface area contributed by atoms with Crippen LogP contribution in [-0.4, -0.2) is 23.2 Å². The van der Waals surface area contributed by atoms with Crippen LogP contribution in [0, 0.1) is 13.8 Å². The van der Waals surface area contributed by atoms with Gasteiger partial charge < -0.3 is 9.30 Å². The van der Waals surface area contributed by atoms with Gasteiger partial charge in [0.1, 0.15) is 5.75 Å². The van der Waals surface area contributed by atoms with Gasteiger partial charge in [0.15, 0.2) is 11.6 Å². The van der Waals surface area contributed by atoms with Gasteiger partial charge in [-0.25, -0.2) is 0 Å². The summed E-state index contributed by atoms with van der Waals surface area (Å²) < 4.78 is 7.18. The zero-order valence-electron chi connectivity index (χ0n) is 13.7. The maximum absolute atomic E-state index is 11.9. The first-order valence-corrected chi connectivity index (χ1v) is 7.21. The minimum atomic E-state index is -0.0701. The van der Waals surface area contributed by atoms with Crippen molar-refractivity contribution in [2.75, 3.05) is 7.11 Å². The fourth-order valence-electron chi connectivity index (χ4n) is 2.90. The molecule has 4 heteroatoms. The zero-order chi connectivity index (χ0) is 16.4. The summed E-state index contributed by atoms with van der Waals surface area (Å²) in [6, 6.07) is 7.78. The topological polar surface area (TPSA) is 48.3 Å². The molecular formula is C18H21NO3. The quantitative estimate of drug-likeness (QED) is 0.793. The second-order valence-electron chi connectivity index (χ2n) is 5.47. The third kappa shape index (κ3) is 2.82. The van der Waals surface area contributed by atoms with Gasteiger partial charge in [-0.15, -0.1) is 0 Å². The summed E-state index contributed by atoms with van der Waals surface area (Å²) in [5, 5.41) is 0. The van der Waals surface area contributed by atoms with E-state index in [4.69, 9.17) is 4.74 Å². The van der Waals surface area contributed by atoms with E-state index >= 15 is 0 Å². The molecule has 0 atom stereocenters. The third-order valence-corrected chi connectivity index (χ3v) is 3.99. The van der Waals surface area contributed by atoms with Gasteiger partial charge in [0.05, 0.1) is 7.11 Å². The van der Waals surface area contributed by atoms with Gasteiger partial charge in [0.25, 0.3) is 0 Å². The number of aromatic nitrogens is 1. The van der Waals surface area contributed by atoms with Crippen LogP contribution in [0.5, 0.6) is 5.75 Å². The van der Waals surface area contributed by atoms with Crippen LogP contribution in [-0.2, 0) is 6.54 Å². The van der Waals surface area contributed by atoms with Crippen LogP contribution in [0.1, 0.15) is 51.5 Å². The number of carbonyl (C=O) groups is 2. The average molecular weight is 299 g/mol. The Morgan fingerprint density at radius 2 is 1.41 bits per heavy atom. The summed E-state index contributed by atoms with van der Waals surface area (Å²) in [5.41, 5.74) is 3.85. The van der Waals surface area contributed by atoms with Crippen LogP contribution in [0.25, 0.3) is 0 Å². The van der Waals surface area contributed by atoms with Gasteiger partial charge in [-0.1, -0.05) is 12.1 Å². The van der Waals surface area contributed by atoms with E-state index in [1.807, 2.05) is 42.7 Å². The molecular weight excluding hydrogens is 278 g/mol. The molecule has 0 unspecified atom stereocenters. The first kappa shape index (κ1) is 16.0. The predicted molar refractivity (Wildman–Crippen MR) is 86.0 cm³/mol. The van der Waals surface area contributed by atoms with Crippen molar-refractivity contribution in [2.24, 2.45) is 0 Å². The average Bonchev–Trinajstić information content (AvgIpc) is 2.72. The molecule has 0 amide bonds. The standard InChI is InChI=1S/C18H21NO3/c1-11-17(13(3)20)18(14(4)21)12(2)19(11)10-15-6-8-16(22-5)9-7-15/h6-9H,10H2,1-5H3. The monoisotopic (exact) mass is 299 g/mol. The highest BCUT2D eigenvalue weighted by atomic mass is 16.5. The van der Waals surface area contributed by atoms with Crippen molar-refractivity contribution in [3.8, 4) is 5.75 Å². The molecule has 0 saturated heterocycles. The first-order valence-electron chi connectivity index (χ1n) is 7.21. The maximum Gasteiger partial charge on any atom is 0.162 e. The van der Waals surface area contributed by atoms with E-state index < -0.39 is 0 Å². The number of ketones is 2. The molecule has 0 aliphatic rings. The lowest BCUT2D eigenvalue weighted by atomic mass is 10.0. The van der Waals surface area contributed by atoms with Crippen LogP contribution >= 0.6 is 0 Å². The van der Waals surface area contributed by atoms with E-state index in [0.29, 0.717) is 17.7 Å². The van der Waals surface area contributed by atoms with E-state index in [9.17, 15) is 9.59 Å². The predicted octanol–water partition coefficient (Wildman–Crippen LogP) is 3.57. The molecule has 0 saturated carbocycles. The molecule has 4 nitrogen and oxygen atoms in total. The van der Waals surface area contributed by atoms with Crippen molar-refractivity contribution in [1.29, 1.82) is 0 Å². The minimum absolute atomic E-state index is 0.0701. The molecule has 0 aliphatic heterocycles. The minimum Gasteiger partial charge on any atom is -0.497 e. The van der Waals surface area contributed by atoms with Crippen molar-refractivity contribution < 1.29 is 14.3 Å². The number of rotatable bonds is 5. The molecule has 0 radical (unpaired) electrons. The van der Waals surface area contributed by atoms with Crippen molar-refractivity contribution in [2.45, 2.75) is 34.2 Å². The van der Waals surface area contributed by atoms with Crippen molar-refractivity contribution in [3.63, 3.8) is 0 Å². The van der Waals surface area contributed by atoms with E-state index in [0.717, 1.165) is 22.7 Å². The van der Waals surface area contributed by atoms with Crippen molar-refractivity contribution >= 4 is 11.6 Å². The normalized spacial score (nSPS) is 10.6. The molecule has 2 rings (SSSR count). The van der Waals surface area contributed by atoms with Gasteiger partial charge in [-0.3, -0.25) is 9.59 Å². The molecule has 2 aromatic rings. The Kier molecular flexibility index (Phi) is 4.50. The number of Topliss-reactive ketones (excluding diaryl/α,β-unsaturated/α-hetero) is 2. The molecule has 0 N–H and O–H groups in total.